The lowest BCUT2D eigenvalue weighted by Gasteiger charge is -2.23. The van der Waals surface area contributed by atoms with Gasteiger partial charge in [0.05, 0.1) is 6.20 Å². The van der Waals surface area contributed by atoms with Gasteiger partial charge in [-0.15, -0.1) is 0 Å². The topological polar surface area (TPSA) is 118 Å². The zero-order chi connectivity index (χ0) is 22.9. The molecule has 0 radical (unpaired) electrons. The number of aromatic nitrogens is 2. The Hall–Kier alpha value is -3.07. The van der Waals surface area contributed by atoms with Crippen molar-refractivity contribution in [1.29, 1.82) is 0 Å². The molecule has 2 rings (SSSR count). The molecule has 0 bridgehead atoms. The number of nitrogens with zero attached hydrogens (tertiary/aromatic N) is 2. The fraction of sp³-hybridized carbons (Fsp3) is 0.364. The molecule has 0 saturated heterocycles. The van der Waals surface area contributed by atoms with Gasteiger partial charge in [0.25, 0.3) is 5.91 Å². The van der Waals surface area contributed by atoms with Crippen molar-refractivity contribution in [3.8, 4) is 0 Å². The van der Waals surface area contributed by atoms with Gasteiger partial charge in [-0.2, -0.15) is 0 Å². The number of nitrogens with one attached hydrogen (secondary N) is 2. The number of hydrogen-bond donors (Lipinski definition) is 2. The second kappa shape index (κ2) is 11.4. The van der Waals surface area contributed by atoms with Crippen LogP contribution in [-0.4, -0.2) is 48.5 Å². The number of carbonyl (C=O) groups excluding carboxylic acids is 2. The highest BCUT2D eigenvalue weighted by molar-refractivity contribution is 7.93. The molecule has 2 N–H and O–H groups in total. The van der Waals surface area contributed by atoms with Crippen molar-refractivity contribution >= 4 is 21.7 Å². The van der Waals surface area contributed by atoms with E-state index in [4.69, 9.17) is 0 Å². The molecule has 0 saturated carbocycles. The third-order valence-electron chi connectivity index (χ3n) is 4.31. The van der Waals surface area contributed by atoms with Crippen LogP contribution in [0, 0.1) is 5.92 Å². The van der Waals surface area contributed by atoms with Gasteiger partial charge >= 0.3 is 0 Å². The van der Waals surface area contributed by atoms with Crippen molar-refractivity contribution in [1.82, 2.24) is 20.6 Å². The Morgan fingerprint density at radius 1 is 1.10 bits per heavy atom. The second-order valence-corrected chi connectivity index (χ2v) is 9.64. The number of amides is 2. The summed E-state index contributed by atoms with van der Waals surface area (Å²) in [5.74, 6) is -0.711. The minimum Gasteiger partial charge on any atom is -0.348 e. The Labute approximate surface area is 183 Å². The number of carbonyl (C=O) groups is 2. The lowest BCUT2D eigenvalue weighted by atomic mass is 10.0. The van der Waals surface area contributed by atoms with E-state index in [9.17, 15) is 18.0 Å². The summed E-state index contributed by atoms with van der Waals surface area (Å²) in [5.41, 5.74) is 0.971. The number of sulfone groups is 1. The Morgan fingerprint density at radius 2 is 1.81 bits per heavy atom. The van der Waals surface area contributed by atoms with E-state index in [1.807, 2.05) is 44.2 Å². The van der Waals surface area contributed by atoms with Crippen molar-refractivity contribution < 1.29 is 18.0 Å². The first kappa shape index (κ1) is 24.2. The van der Waals surface area contributed by atoms with Crippen LogP contribution in [0.1, 0.15) is 36.3 Å². The monoisotopic (exact) mass is 444 g/mol. The minimum absolute atomic E-state index is 0.101. The second-order valence-electron chi connectivity index (χ2n) is 7.71. The molecule has 9 heteroatoms. The number of rotatable bonds is 10. The molecule has 166 valence electrons. The summed E-state index contributed by atoms with van der Waals surface area (Å²) in [4.78, 5) is 33.5. The van der Waals surface area contributed by atoms with E-state index in [0.29, 0.717) is 6.42 Å². The van der Waals surface area contributed by atoms with Crippen LogP contribution < -0.4 is 10.6 Å². The van der Waals surface area contributed by atoms with Gasteiger partial charge in [-0.1, -0.05) is 50.3 Å². The molecule has 0 spiro atoms. The highest BCUT2D eigenvalue weighted by Gasteiger charge is 2.24. The molecular weight excluding hydrogens is 416 g/mol. The van der Waals surface area contributed by atoms with Crippen LogP contribution in [0.4, 0.5) is 0 Å². The first-order chi connectivity index (χ1) is 14.6. The summed E-state index contributed by atoms with van der Waals surface area (Å²) >= 11 is 0. The zero-order valence-corrected chi connectivity index (χ0v) is 18.7. The normalized spacial score (nSPS) is 13.7. The SMILES string of the molecule is CC(C)C[C@@H](/C=C/S(C)(=O)=O)NC(=O)[C@@H](Cc1ccccc1)NC(=O)c1cnccn1. The average Bonchev–Trinajstić information content (AvgIpc) is 2.72. The first-order valence-corrected chi connectivity index (χ1v) is 11.9. The smallest absolute Gasteiger partial charge is 0.272 e. The van der Waals surface area contributed by atoms with Gasteiger partial charge in [0.2, 0.25) is 5.91 Å². The summed E-state index contributed by atoms with van der Waals surface area (Å²) in [6, 6.07) is 7.93. The van der Waals surface area contributed by atoms with E-state index in [-0.39, 0.29) is 18.0 Å². The van der Waals surface area contributed by atoms with E-state index in [2.05, 4.69) is 20.6 Å². The summed E-state index contributed by atoms with van der Waals surface area (Å²) in [6.45, 7) is 3.95. The first-order valence-electron chi connectivity index (χ1n) is 9.93. The Morgan fingerprint density at radius 3 is 2.39 bits per heavy atom. The molecule has 1 heterocycles. The summed E-state index contributed by atoms with van der Waals surface area (Å²) in [5, 5.41) is 6.66. The van der Waals surface area contributed by atoms with Crippen LogP contribution in [0.3, 0.4) is 0 Å². The lowest BCUT2D eigenvalue weighted by molar-refractivity contribution is -0.123. The lowest BCUT2D eigenvalue weighted by Crippen LogP contribution is -2.50. The van der Waals surface area contributed by atoms with Crippen LogP contribution in [0.5, 0.6) is 0 Å². The molecule has 1 aromatic heterocycles. The number of benzene rings is 1. The van der Waals surface area contributed by atoms with E-state index in [1.54, 1.807) is 0 Å². The van der Waals surface area contributed by atoms with E-state index >= 15 is 0 Å². The fourth-order valence-electron chi connectivity index (χ4n) is 2.92. The molecule has 0 fully saturated rings. The Bertz CT molecular complexity index is 993. The maximum absolute atomic E-state index is 13.1. The highest BCUT2D eigenvalue weighted by Crippen LogP contribution is 2.09. The predicted octanol–water partition coefficient (Wildman–Crippen LogP) is 1.91. The standard InChI is InChI=1S/C22H28N4O4S/c1-16(2)13-18(9-12-31(3,29)30)25-21(27)19(14-17-7-5-4-6-8-17)26-22(28)20-15-23-10-11-24-20/h4-12,15-16,18-19H,13-14H2,1-3H3,(H,25,27)(H,26,28)/b12-9+/t18-,19-/m1/s1. The van der Waals surface area contributed by atoms with Crippen LogP contribution in [0.15, 0.2) is 60.4 Å². The predicted molar refractivity (Wildman–Crippen MR) is 119 cm³/mol. The van der Waals surface area contributed by atoms with Crippen molar-refractivity contribution in [2.75, 3.05) is 6.26 Å². The van der Waals surface area contributed by atoms with Crippen LogP contribution in [0.2, 0.25) is 0 Å². The van der Waals surface area contributed by atoms with Gasteiger partial charge in [0.15, 0.2) is 9.84 Å². The fourth-order valence-corrected chi connectivity index (χ4v) is 3.40. The Balaban J connectivity index is 2.22. The summed E-state index contributed by atoms with van der Waals surface area (Å²) in [6.07, 6.45) is 7.56. The highest BCUT2D eigenvalue weighted by atomic mass is 32.2. The maximum Gasteiger partial charge on any atom is 0.272 e. The van der Waals surface area contributed by atoms with Crippen LogP contribution in [0.25, 0.3) is 0 Å². The third-order valence-corrected chi connectivity index (χ3v) is 4.96. The van der Waals surface area contributed by atoms with E-state index in [0.717, 1.165) is 17.2 Å². The van der Waals surface area contributed by atoms with Crippen molar-refractivity contribution in [3.63, 3.8) is 0 Å². The molecule has 31 heavy (non-hydrogen) atoms. The number of hydrogen-bond acceptors (Lipinski definition) is 6. The van der Waals surface area contributed by atoms with Crippen molar-refractivity contribution in [3.05, 3.63) is 71.7 Å². The molecule has 8 nitrogen and oxygen atoms in total. The van der Waals surface area contributed by atoms with Crippen molar-refractivity contribution in [2.24, 2.45) is 5.92 Å². The molecule has 0 aliphatic heterocycles. The van der Waals surface area contributed by atoms with Crippen molar-refractivity contribution in [2.45, 2.75) is 38.8 Å². The summed E-state index contributed by atoms with van der Waals surface area (Å²) < 4.78 is 23.0. The van der Waals surface area contributed by atoms with Gasteiger partial charge < -0.3 is 10.6 Å². The molecule has 2 aromatic rings. The van der Waals surface area contributed by atoms with Gasteiger partial charge in [0.1, 0.15) is 11.7 Å². The Kier molecular flexibility index (Phi) is 8.87. The maximum atomic E-state index is 13.1. The summed E-state index contributed by atoms with van der Waals surface area (Å²) in [7, 11) is -3.33. The van der Waals surface area contributed by atoms with Crippen LogP contribution >= 0.6 is 0 Å². The third kappa shape index (κ3) is 9.08. The molecule has 0 aliphatic carbocycles. The van der Waals surface area contributed by atoms with E-state index < -0.39 is 33.7 Å². The van der Waals surface area contributed by atoms with E-state index in [1.165, 1.54) is 24.7 Å². The molecule has 1 aromatic carbocycles. The van der Waals surface area contributed by atoms with Gasteiger partial charge in [-0.05, 0) is 17.9 Å². The molecular formula is C22H28N4O4S. The molecule has 0 aliphatic rings. The van der Waals surface area contributed by atoms with Crippen LogP contribution in [-0.2, 0) is 21.1 Å². The largest absolute Gasteiger partial charge is 0.348 e. The zero-order valence-electron chi connectivity index (χ0n) is 17.9. The van der Waals surface area contributed by atoms with Gasteiger partial charge in [-0.3, -0.25) is 14.6 Å². The minimum atomic E-state index is -3.33. The van der Waals surface area contributed by atoms with Gasteiger partial charge in [-0.25, -0.2) is 13.4 Å². The molecule has 2 amide bonds. The quantitative estimate of drug-likeness (QED) is 0.578. The van der Waals surface area contributed by atoms with Gasteiger partial charge in [0, 0.05) is 36.5 Å². The molecule has 2 atom stereocenters. The average molecular weight is 445 g/mol. The molecule has 0 unspecified atom stereocenters.